The number of carboxylic acids is 1. The first-order valence-corrected chi connectivity index (χ1v) is 7.55. The van der Waals surface area contributed by atoms with Crippen LogP contribution in [0.25, 0.3) is 10.9 Å². The van der Waals surface area contributed by atoms with Crippen LogP contribution in [-0.2, 0) is 24.2 Å². The lowest BCUT2D eigenvalue weighted by Crippen LogP contribution is -2.32. The molecule has 2 aromatic rings. The molecule has 116 valence electrons. The molecule has 1 aliphatic heterocycles. The minimum atomic E-state index is -0.814. The standard InChI is InChI=1S/C17H20N2O3/c1-3-19-7-6-16-14(10-19)12(9-17(20)21)13-8-11(22-2)4-5-15(13)18-16/h4-5,8H,3,6-7,9-10H2,1-2H3,(H,20,21). The van der Waals surface area contributed by atoms with Crippen LogP contribution in [0.2, 0.25) is 0 Å². The van der Waals surface area contributed by atoms with Gasteiger partial charge in [-0.1, -0.05) is 6.92 Å². The average Bonchev–Trinajstić information content (AvgIpc) is 2.53. The van der Waals surface area contributed by atoms with Gasteiger partial charge in [-0.05, 0) is 35.9 Å². The highest BCUT2D eigenvalue weighted by molar-refractivity contribution is 5.88. The molecule has 0 amide bonds. The van der Waals surface area contributed by atoms with Crippen LogP contribution in [0.4, 0.5) is 0 Å². The number of hydrogen-bond donors (Lipinski definition) is 1. The SMILES string of the molecule is CCN1CCc2nc3ccc(OC)cc3c(CC(=O)O)c2C1. The number of carbonyl (C=O) groups is 1. The summed E-state index contributed by atoms with van der Waals surface area (Å²) in [5, 5.41) is 10.2. The smallest absolute Gasteiger partial charge is 0.307 e. The van der Waals surface area contributed by atoms with Gasteiger partial charge in [0.25, 0.3) is 0 Å². The fourth-order valence-electron chi connectivity index (χ4n) is 3.11. The van der Waals surface area contributed by atoms with Crippen LogP contribution in [-0.4, -0.2) is 41.2 Å². The summed E-state index contributed by atoms with van der Waals surface area (Å²) in [7, 11) is 1.61. The van der Waals surface area contributed by atoms with Crippen LogP contribution >= 0.6 is 0 Å². The molecule has 2 heterocycles. The van der Waals surface area contributed by atoms with Gasteiger partial charge in [0.05, 0.1) is 19.0 Å². The molecule has 22 heavy (non-hydrogen) atoms. The molecule has 0 unspecified atom stereocenters. The van der Waals surface area contributed by atoms with Crippen LogP contribution < -0.4 is 4.74 Å². The summed E-state index contributed by atoms with van der Waals surface area (Å²) in [6.07, 6.45) is 0.893. The Bertz CT molecular complexity index is 727. The van der Waals surface area contributed by atoms with Crippen molar-refractivity contribution >= 4 is 16.9 Å². The number of hydrogen-bond acceptors (Lipinski definition) is 4. The van der Waals surface area contributed by atoms with Crippen LogP contribution in [0.15, 0.2) is 18.2 Å². The van der Waals surface area contributed by atoms with Crippen LogP contribution in [0.5, 0.6) is 5.75 Å². The van der Waals surface area contributed by atoms with Gasteiger partial charge >= 0.3 is 5.97 Å². The summed E-state index contributed by atoms with van der Waals surface area (Å²) in [6, 6.07) is 5.67. The molecular weight excluding hydrogens is 280 g/mol. The topological polar surface area (TPSA) is 62.7 Å². The van der Waals surface area contributed by atoms with E-state index in [9.17, 15) is 9.90 Å². The van der Waals surface area contributed by atoms with Gasteiger partial charge in [0.2, 0.25) is 0 Å². The molecule has 0 spiro atoms. The third kappa shape index (κ3) is 2.64. The lowest BCUT2D eigenvalue weighted by Gasteiger charge is -2.29. The molecule has 0 radical (unpaired) electrons. The van der Waals surface area contributed by atoms with Gasteiger partial charge in [-0.25, -0.2) is 0 Å². The van der Waals surface area contributed by atoms with Crippen molar-refractivity contribution in [1.29, 1.82) is 0 Å². The molecular formula is C17H20N2O3. The molecule has 0 bridgehead atoms. The van der Waals surface area contributed by atoms with E-state index < -0.39 is 5.97 Å². The lowest BCUT2D eigenvalue weighted by atomic mass is 9.94. The van der Waals surface area contributed by atoms with Crippen molar-refractivity contribution < 1.29 is 14.6 Å². The first kappa shape index (κ1) is 14.8. The Morgan fingerprint density at radius 2 is 2.27 bits per heavy atom. The lowest BCUT2D eigenvalue weighted by molar-refractivity contribution is -0.136. The van der Waals surface area contributed by atoms with Gasteiger partial charge < -0.3 is 9.84 Å². The molecule has 3 rings (SSSR count). The Labute approximate surface area is 129 Å². The van der Waals surface area contributed by atoms with E-state index in [4.69, 9.17) is 9.72 Å². The maximum atomic E-state index is 11.3. The van der Waals surface area contributed by atoms with Gasteiger partial charge in [0, 0.05) is 30.6 Å². The molecule has 1 aromatic carbocycles. The Hall–Kier alpha value is -2.14. The first-order valence-electron chi connectivity index (χ1n) is 7.55. The van der Waals surface area contributed by atoms with Crippen molar-refractivity contribution in [3.63, 3.8) is 0 Å². The number of methoxy groups -OCH3 is 1. The summed E-state index contributed by atoms with van der Waals surface area (Å²) in [5.74, 6) is -0.0878. The van der Waals surface area contributed by atoms with E-state index in [0.29, 0.717) is 0 Å². The minimum Gasteiger partial charge on any atom is -0.497 e. The summed E-state index contributed by atoms with van der Waals surface area (Å²) in [6.45, 7) is 4.83. The number of aromatic nitrogens is 1. The quantitative estimate of drug-likeness (QED) is 0.938. The molecule has 5 heteroatoms. The molecule has 0 fully saturated rings. The third-order valence-electron chi connectivity index (χ3n) is 4.32. The van der Waals surface area contributed by atoms with E-state index in [-0.39, 0.29) is 6.42 Å². The second kappa shape index (κ2) is 5.93. The number of aliphatic carboxylic acids is 1. The molecule has 1 N–H and O–H groups in total. The van der Waals surface area contributed by atoms with E-state index in [1.54, 1.807) is 7.11 Å². The van der Waals surface area contributed by atoms with Gasteiger partial charge in [-0.3, -0.25) is 14.7 Å². The van der Waals surface area contributed by atoms with E-state index in [2.05, 4.69) is 11.8 Å². The summed E-state index contributed by atoms with van der Waals surface area (Å²) in [4.78, 5) is 18.4. The normalized spacial score (nSPS) is 14.8. The zero-order chi connectivity index (χ0) is 15.7. The van der Waals surface area contributed by atoms with Gasteiger partial charge in [-0.15, -0.1) is 0 Å². The van der Waals surface area contributed by atoms with Crippen molar-refractivity contribution in [1.82, 2.24) is 9.88 Å². The Kier molecular flexibility index (Phi) is 3.98. The summed E-state index contributed by atoms with van der Waals surface area (Å²) >= 11 is 0. The maximum absolute atomic E-state index is 11.3. The second-order valence-corrected chi connectivity index (χ2v) is 5.59. The van der Waals surface area contributed by atoms with Crippen molar-refractivity contribution in [3.05, 3.63) is 35.0 Å². The fraction of sp³-hybridized carbons (Fsp3) is 0.412. The summed E-state index contributed by atoms with van der Waals surface area (Å²) in [5.41, 5.74) is 3.85. The largest absolute Gasteiger partial charge is 0.497 e. The van der Waals surface area contributed by atoms with Crippen molar-refractivity contribution in [2.75, 3.05) is 20.2 Å². The van der Waals surface area contributed by atoms with Gasteiger partial charge in [0.15, 0.2) is 0 Å². The van der Waals surface area contributed by atoms with E-state index in [0.717, 1.165) is 59.5 Å². The number of ether oxygens (including phenoxy) is 1. The number of rotatable bonds is 4. The number of nitrogens with zero attached hydrogens (tertiary/aromatic N) is 2. The molecule has 0 saturated carbocycles. The van der Waals surface area contributed by atoms with Gasteiger partial charge in [-0.2, -0.15) is 0 Å². The highest BCUT2D eigenvalue weighted by Crippen LogP contribution is 2.30. The molecule has 0 aliphatic carbocycles. The Morgan fingerprint density at radius 3 is 2.95 bits per heavy atom. The molecule has 1 aliphatic rings. The first-order chi connectivity index (χ1) is 10.6. The van der Waals surface area contributed by atoms with Crippen LogP contribution in [0.3, 0.4) is 0 Å². The molecule has 0 saturated heterocycles. The average molecular weight is 300 g/mol. The zero-order valence-electron chi connectivity index (χ0n) is 12.9. The minimum absolute atomic E-state index is 0.0199. The van der Waals surface area contributed by atoms with E-state index >= 15 is 0 Å². The van der Waals surface area contributed by atoms with Crippen molar-refractivity contribution in [2.45, 2.75) is 26.3 Å². The highest BCUT2D eigenvalue weighted by Gasteiger charge is 2.23. The van der Waals surface area contributed by atoms with Crippen LogP contribution in [0, 0.1) is 0 Å². The zero-order valence-corrected chi connectivity index (χ0v) is 12.9. The number of carboxylic acid groups (broad SMARTS) is 1. The van der Waals surface area contributed by atoms with E-state index in [1.807, 2.05) is 18.2 Å². The number of likely N-dealkylation sites (N-methyl/N-ethyl adjacent to an activating group) is 1. The Morgan fingerprint density at radius 1 is 1.45 bits per heavy atom. The molecule has 0 atom stereocenters. The van der Waals surface area contributed by atoms with E-state index in [1.165, 1.54) is 0 Å². The van der Waals surface area contributed by atoms with Crippen molar-refractivity contribution in [3.8, 4) is 5.75 Å². The molecule has 5 nitrogen and oxygen atoms in total. The molecule has 1 aromatic heterocycles. The highest BCUT2D eigenvalue weighted by atomic mass is 16.5. The van der Waals surface area contributed by atoms with Crippen LogP contribution in [0.1, 0.15) is 23.7 Å². The van der Waals surface area contributed by atoms with Gasteiger partial charge in [0.1, 0.15) is 5.75 Å². The number of benzene rings is 1. The number of pyridine rings is 1. The monoisotopic (exact) mass is 300 g/mol. The maximum Gasteiger partial charge on any atom is 0.307 e. The predicted octanol–water partition coefficient (Wildman–Crippen LogP) is 2.25. The summed E-state index contributed by atoms with van der Waals surface area (Å²) < 4.78 is 5.28. The van der Waals surface area contributed by atoms with Crippen molar-refractivity contribution in [2.24, 2.45) is 0 Å². The second-order valence-electron chi connectivity index (χ2n) is 5.59. The Balaban J connectivity index is 2.22. The third-order valence-corrected chi connectivity index (χ3v) is 4.32. The number of fused-ring (bicyclic) bond motifs is 2. The fourth-order valence-corrected chi connectivity index (χ4v) is 3.11. The predicted molar refractivity (Wildman–Crippen MR) is 84.3 cm³/mol.